The number of aromatic nitrogens is 3. The molecule has 0 atom stereocenters. The van der Waals surface area contributed by atoms with Crippen LogP contribution < -0.4 is 9.04 Å². The summed E-state index contributed by atoms with van der Waals surface area (Å²) >= 11 is 1.21. The van der Waals surface area contributed by atoms with Crippen molar-refractivity contribution in [1.82, 2.24) is 15.2 Å². The maximum atomic E-state index is 13.2. The average Bonchev–Trinajstić information content (AvgIpc) is 3.45. The molecule has 0 saturated heterocycles. The lowest BCUT2D eigenvalue weighted by Crippen LogP contribution is -2.30. The minimum absolute atomic E-state index is 0.131. The van der Waals surface area contributed by atoms with E-state index in [9.17, 15) is 8.42 Å². The van der Waals surface area contributed by atoms with Crippen LogP contribution in [-0.4, -0.2) is 30.7 Å². The van der Waals surface area contributed by atoms with Crippen LogP contribution in [-0.2, 0) is 16.6 Å². The predicted octanol–water partition coefficient (Wildman–Crippen LogP) is 3.60. The molecule has 0 bridgehead atoms. The Kier molecular flexibility index (Phi) is 5.28. The molecule has 0 fully saturated rings. The highest BCUT2D eigenvalue weighted by Crippen LogP contribution is 2.28. The van der Waals surface area contributed by atoms with Crippen molar-refractivity contribution >= 4 is 26.5 Å². The highest BCUT2D eigenvalue weighted by atomic mass is 32.2. The second-order valence-electron chi connectivity index (χ2n) is 5.87. The Morgan fingerprint density at radius 1 is 1.07 bits per heavy atom. The summed E-state index contributed by atoms with van der Waals surface area (Å²) in [7, 11) is -2.27. The molecule has 8 nitrogen and oxygen atoms in total. The third-order valence-electron chi connectivity index (χ3n) is 4.05. The predicted molar refractivity (Wildman–Crippen MR) is 108 cm³/mol. The molecule has 4 aromatic rings. The zero-order chi connectivity index (χ0) is 20.3. The normalized spacial score (nSPS) is 11.3. The highest BCUT2D eigenvalue weighted by Gasteiger charge is 2.28. The van der Waals surface area contributed by atoms with E-state index in [0.717, 1.165) is 4.31 Å². The Morgan fingerprint density at radius 3 is 2.48 bits per heavy atom. The summed E-state index contributed by atoms with van der Waals surface area (Å²) in [5, 5.41) is 10.1. The van der Waals surface area contributed by atoms with Gasteiger partial charge in [-0.15, -0.1) is 21.5 Å². The zero-order valence-electron chi connectivity index (χ0n) is 15.3. The van der Waals surface area contributed by atoms with Gasteiger partial charge in [0, 0.05) is 17.1 Å². The summed E-state index contributed by atoms with van der Waals surface area (Å²) in [6, 6.07) is 15.3. The van der Waals surface area contributed by atoms with Crippen LogP contribution in [0.3, 0.4) is 0 Å². The first kappa shape index (κ1) is 19.1. The van der Waals surface area contributed by atoms with Crippen molar-refractivity contribution in [3.05, 3.63) is 72.1 Å². The zero-order valence-corrected chi connectivity index (χ0v) is 16.9. The average molecular weight is 428 g/mol. The molecular formula is C19H16N4O4S2. The quantitative estimate of drug-likeness (QED) is 0.443. The fourth-order valence-electron chi connectivity index (χ4n) is 2.60. The van der Waals surface area contributed by atoms with E-state index in [0.29, 0.717) is 22.3 Å². The first-order valence-electron chi connectivity index (χ1n) is 8.52. The monoisotopic (exact) mass is 428 g/mol. The second-order valence-corrected chi connectivity index (χ2v) is 8.60. The van der Waals surface area contributed by atoms with Gasteiger partial charge in [-0.1, -0.05) is 18.2 Å². The number of methoxy groups -OCH3 is 1. The van der Waals surface area contributed by atoms with Gasteiger partial charge < -0.3 is 9.15 Å². The number of ether oxygens (including phenoxy) is 1. The van der Waals surface area contributed by atoms with E-state index >= 15 is 0 Å². The molecule has 148 valence electrons. The lowest BCUT2D eigenvalue weighted by atomic mass is 10.2. The van der Waals surface area contributed by atoms with Gasteiger partial charge in [-0.05, 0) is 36.4 Å². The Bertz CT molecular complexity index is 1170. The van der Waals surface area contributed by atoms with Crippen LogP contribution in [0.2, 0.25) is 0 Å². The molecule has 0 saturated carbocycles. The largest absolute Gasteiger partial charge is 0.497 e. The van der Waals surface area contributed by atoms with Crippen LogP contribution in [0.15, 0.2) is 75.5 Å². The summed E-state index contributed by atoms with van der Waals surface area (Å²) in [6.45, 7) is -0.131. The van der Waals surface area contributed by atoms with Crippen LogP contribution in [0.4, 0.5) is 5.13 Å². The molecule has 0 aliphatic carbocycles. The van der Waals surface area contributed by atoms with Gasteiger partial charge in [0.2, 0.25) is 11.8 Å². The van der Waals surface area contributed by atoms with E-state index in [-0.39, 0.29) is 17.3 Å². The number of anilines is 1. The molecule has 0 spiro atoms. The van der Waals surface area contributed by atoms with Gasteiger partial charge in [-0.2, -0.15) is 0 Å². The molecular weight excluding hydrogens is 412 g/mol. The number of hydrogen-bond acceptors (Lipinski definition) is 8. The van der Waals surface area contributed by atoms with E-state index < -0.39 is 10.0 Å². The smallest absolute Gasteiger partial charge is 0.266 e. The molecule has 2 aromatic carbocycles. The maximum Gasteiger partial charge on any atom is 0.266 e. The number of nitrogens with zero attached hydrogens (tertiary/aromatic N) is 4. The fourth-order valence-corrected chi connectivity index (χ4v) is 4.86. The first-order valence-corrected chi connectivity index (χ1v) is 10.8. The Balaban J connectivity index is 1.65. The number of thiazole rings is 1. The topological polar surface area (TPSA) is 98.4 Å². The molecule has 0 amide bonds. The van der Waals surface area contributed by atoms with Gasteiger partial charge in [0.15, 0.2) is 5.13 Å². The SMILES string of the molecule is COc1ccc(-c2nnc(CN(c3nccs3)S(=O)(=O)c3ccccc3)o2)cc1. The molecule has 0 radical (unpaired) electrons. The van der Waals surface area contributed by atoms with Crippen molar-refractivity contribution in [2.24, 2.45) is 0 Å². The van der Waals surface area contributed by atoms with E-state index in [1.807, 2.05) is 0 Å². The molecule has 10 heteroatoms. The molecule has 0 N–H and O–H groups in total. The van der Waals surface area contributed by atoms with Gasteiger partial charge in [0.05, 0.1) is 12.0 Å². The van der Waals surface area contributed by atoms with Crippen molar-refractivity contribution < 1.29 is 17.6 Å². The van der Waals surface area contributed by atoms with Crippen molar-refractivity contribution in [3.8, 4) is 17.2 Å². The first-order chi connectivity index (χ1) is 14.1. The third kappa shape index (κ3) is 3.98. The fraction of sp³-hybridized carbons (Fsp3) is 0.105. The molecule has 29 heavy (non-hydrogen) atoms. The molecule has 0 unspecified atom stereocenters. The van der Waals surface area contributed by atoms with E-state index in [2.05, 4.69) is 15.2 Å². The Labute approximate surface area is 171 Å². The number of sulfonamides is 1. The van der Waals surface area contributed by atoms with Gasteiger partial charge >= 0.3 is 0 Å². The molecule has 2 heterocycles. The number of rotatable bonds is 7. The van der Waals surface area contributed by atoms with Crippen LogP contribution in [0.5, 0.6) is 5.75 Å². The summed E-state index contributed by atoms with van der Waals surface area (Å²) in [6.07, 6.45) is 1.55. The van der Waals surface area contributed by atoms with E-state index in [1.165, 1.54) is 23.5 Å². The standard InChI is InChI=1S/C19H16N4O4S2/c1-26-15-9-7-14(8-10-15)18-22-21-17(27-18)13-23(19-20-11-12-28-19)29(24,25)16-5-3-2-4-6-16/h2-12H,13H2,1H3. The van der Waals surface area contributed by atoms with Crippen molar-refractivity contribution in [1.29, 1.82) is 0 Å². The molecule has 0 aliphatic rings. The van der Waals surface area contributed by atoms with Gasteiger partial charge in [0.25, 0.3) is 10.0 Å². The van der Waals surface area contributed by atoms with Crippen LogP contribution >= 0.6 is 11.3 Å². The van der Waals surface area contributed by atoms with Gasteiger partial charge in [-0.25, -0.2) is 17.7 Å². The minimum atomic E-state index is -3.85. The highest BCUT2D eigenvalue weighted by molar-refractivity contribution is 7.93. The summed E-state index contributed by atoms with van der Waals surface area (Å²) < 4.78 is 38.4. The van der Waals surface area contributed by atoms with Crippen molar-refractivity contribution in [2.75, 3.05) is 11.4 Å². The minimum Gasteiger partial charge on any atom is -0.497 e. The maximum absolute atomic E-state index is 13.2. The summed E-state index contributed by atoms with van der Waals surface area (Å²) in [5.41, 5.74) is 0.705. The lowest BCUT2D eigenvalue weighted by Gasteiger charge is -2.19. The number of benzene rings is 2. The Hall–Kier alpha value is -3.24. The van der Waals surface area contributed by atoms with Crippen LogP contribution in [0, 0.1) is 0 Å². The summed E-state index contributed by atoms with van der Waals surface area (Å²) in [5.74, 6) is 1.15. The third-order valence-corrected chi connectivity index (χ3v) is 6.71. The van der Waals surface area contributed by atoms with Crippen LogP contribution in [0.1, 0.15) is 5.89 Å². The van der Waals surface area contributed by atoms with Gasteiger partial charge in [-0.3, -0.25) is 0 Å². The van der Waals surface area contributed by atoms with E-state index in [4.69, 9.17) is 9.15 Å². The molecule has 4 rings (SSSR count). The summed E-state index contributed by atoms with van der Waals surface area (Å²) in [4.78, 5) is 4.31. The van der Waals surface area contributed by atoms with Crippen molar-refractivity contribution in [3.63, 3.8) is 0 Å². The number of hydrogen-bond donors (Lipinski definition) is 0. The lowest BCUT2D eigenvalue weighted by molar-refractivity contribution is 0.415. The molecule has 0 aliphatic heterocycles. The van der Waals surface area contributed by atoms with Crippen LogP contribution in [0.25, 0.3) is 11.5 Å². The Morgan fingerprint density at radius 2 is 1.83 bits per heavy atom. The van der Waals surface area contributed by atoms with E-state index in [1.54, 1.807) is 61.2 Å². The molecule has 2 aromatic heterocycles. The second kappa shape index (κ2) is 8.02. The van der Waals surface area contributed by atoms with Crippen molar-refractivity contribution in [2.45, 2.75) is 11.4 Å². The van der Waals surface area contributed by atoms with Gasteiger partial charge in [0.1, 0.15) is 12.3 Å².